The second-order valence-corrected chi connectivity index (χ2v) is 8.47. The first kappa shape index (κ1) is 19.2. The lowest BCUT2D eigenvalue weighted by molar-refractivity contribution is -0.137. The molecule has 4 aliphatic carbocycles. The molecule has 0 aromatic heterocycles. The number of ether oxygens (including phenoxy) is 1. The molecule has 2 N–H and O–H groups in total. The Labute approximate surface area is 155 Å². The molecule has 4 rings (SSSR count). The molecule has 4 aliphatic rings. The number of carbonyl (C=O) groups excluding carboxylic acids is 2. The summed E-state index contributed by atoms with van der Waals surface area (Å²) in [4.78, 5) is 23.2. The summed E-state index contributed by atoms with van der Waals surface area (Å²) in [5, 5.41) is 6.27. The second-order valence-electron chi connectivity index (χ2n) is 8.47. The summed E-state index contributed by atoms with van der Waals surface area (Å²) in [6.07, 6.45) is 11.8. The Hall–Kier alpha value is -1.59. The topological polar surface area (TPSA) is 67.4 Å². The summed E-state index contributed by atoms with van der Waals surface area (Å²) in [6.45, 7) is 0.626. The van der Waals surface area contributed by atoms with Crippen LogP contribution in [0.5, 0.6) is 0 Å². The fourth-order valence-electron chi connectivity index (χ4n) is 5.61. The Morgan fingerprint density at radius 2 is 1.69 bits per heavy atom. The number of unbranched alkanes of at least 4 members (excludes halogenated alkanes) is 3. The van der Waals surface area contributed by atoms with Gasteiger partial charge in [-0.1, -0.05) is 6.42 Å². The van der Waals surface area contributed by atoms with E-state index in [0.29, 0.717) is 13.0 Å². The second kappa shape index (κ2) is 8.40. The molecule has 0 heterocycles. The Bertz CT molecular complexity index is 526. The lowest BCUT2D eigenvalue weighted by Crippen LogP contribution is -2.61. The zero-order valence-electron chi connectivity index (χ0n) is 15.7. The Morgan fingerprint density at radius 3 is 2.27 bits per heavy atom. The largest absolute Gasteiger partial charge is 0.464 e. The summed E-state index contributed by atoms with van der Waals surface area (Å²) in [5.74, 6) is 0.702. The maximum atomic E-state index is 13.2. The first-order chi connectivity index (χ1) is 12.5. The molecule has 4 fully saturated rings. The number of hydrogen-bond acceptors (Lipinski definition) is 3. The maximum absolute atomic E-state index is 13.2. The van der Waals surface area contributed by atoms with Crippen LogP contribution >= 0.6 is 0 Å². The highest BCUT2D eigenvalue weighted by atomic mass is 19.1. The van der Waals surface area contributed by atoms with Gasteiger partial charge in [0.25, 0.3) is 0 Å². The quantitative estimate of drug-likeness (QED) is 0.390. The summed E-state index contributed by atoms with van der Waals surface area (Å²) in [6, 6.07) is -0.0384. The van der Waals surface area contributed by atoms with Crippen molar-refractivity contribution in [3.63, 3.8) is 0 Å². The molecule has 0 aliphatic heterocycles. The minimum atomic E-state index is -0.923. The van der Waals surface area contributed by atoms with E-state index in [-0.39, 0.29) is 11.6 Å². The fraction of sp³-hybridized carbons (Fsp3) is 0.800. The van der Waals surface area contributed by atoms with E-state index in [9.17, 15) is 14.0 Å². The van der Waals surface area contributed by atoms with Gasteiger partial charge < -0.3 is 15.4 Å². The zero-order valence-corrected chi connectivity index (χ0v) is 15.7. The molecule has 6 heteroatoms. The number of amides is 2. The van der Waals surface area contributed by atoms with Gasteiger partial charge >= 0.3 is 12.0 Å². The lowest BCUT2D eigenvalue weighted by Gasteiger charge is -2.56. The van der Waals surface area contributed by atoms with Gasteiger partial charge in [-0.25, -0.2) is 9.59 Å². The maximum Gasteiger partial charge on any atom is 0.366 e. The molecule has 5 nitrogen and oxygen atoms in total. The van der Waals surface area contributed by atoms with Gasteiger partial charge in [-0.3, -0.25) is 0 Å². The lowest BCUT2D eigenvalue weighted by atomic mass is 9.53. The van der Waals surface area contributed by atoms with E-state index in [1.165, 1.54) is 25.3 Å². The van der Waals surface area contributed by atoms with E-state index >= 15 is 0 Å². The van der Waals surface area contributed by atoms with E-state index in [4.69, 9.17) is 0 Å². The van der Waals surface area contributed by atoms with Crippen LogP contribution in [0.15, 0.2) is 11.9 Å². The summed E-state index contributed by atoms with van der Waals surface area (Å²) in [5.41, 5.74) is 0.0506. The minimum Gasteiger partial charge on any atom is -0.464 e. The van der Waals surface area contributed by atoms with Crippen LogP contribution in [-0.2, 0) is 9.53 Å². The third kappa shape index (κ3) is 4.77. The number of carbonyl (C=O) groups is 2. The number of nitrogens with one attached hydrogen (secondary N) is 2. The molecule has 0 aromatic rings. The van der Waals surface area contributed by atoms with Crippen LogP contribution in [0.3, 0.4) is 0 Å². The summed E-state index contributed by atoms with van der Waals surface area (Å²) < 4.78 is 17.5. The number of urea groups is 1. The Kier molecular flexibility index (Phi) is 6.20. The first-order valence-electron chi connectivity index (χ1n) is 9.99. The predicted octanol–water partition coefficient (Wildman–Crippen LogP) is 3.84. The molecular weight excluding hydrogens is 335 g/mol. The number of methoxy groups -OCH3 is 1. The Balaban J connectivity index is 1.29. The summed E-state index contributed by atoms with van der Waals surface area (Å²) >= 11 is 0. The average Bonchev–Trinajstić information content (AvgIpc) is 2.58. The van der Waals surface area contributed by atoms with Crippen LogP contribution in [0, 0.1) is 17.8 Å². The predicted molar refractivity (Wildman–Crippen MR) is 97.1 cm³/mol. The van der Waals surface area contributed by atoms with Crippen molar-refractivity contribution in [3.8, 4) is 0 Å². The van der Waals surface area contributed by atoms with Gasteiger partial charge in [0, 0.05) is 12.1 Å². The molecule has 2 amide bonds. The van der Waals surface area contributed by atoms with Crippen LogP contribution in [0.2, 0.25) is 0 Å². The highest BCUT2D eigenvalue weighted by Crippen LogP contribution is 2.55. The molecule has 0 unspecified atom stereocenters. The fourth-order valence-corrected chi connectivity index (χ4v) is 5.61. The standard InChI is InChI=1S/C20H31FN2O3/c1-26-18(24)17(21)6-4-2-3-5-7-22-19(25)23-20-11-14-8-15(12-20)10-16(9-14)13-20/h6,14-16H,2-5,7-13H2,1H3,(H2,22,23,25). The van der Waals surface area contributed by atoms with Crippen molar-refractivity contribution in [2.75, 3.05) is 13.7 Å². The van der Waals surface area contributed by atoms with Crippen LogP contribution in [0.4, 0.5) is 9.18 Å². The molecule has 0 radical (unpaired) electrons. The van der Waals surface area contributed by atoms with Gasteiger partial charge in [0.1, 0.15) is 0 Å². The SMILES string of the molecule is COC(=O)C(F)=CCCCCCNC(=O)NC12CC3CC(CC(C3)C1)C2. The van der Waals surface area contributed by atoms with Crippen molar-refractivity contribution >= 4 is 12.0 Å². The highest BCUT2D eigenvalue weighted by Gasteiger charge is 2.51. The van der Waals surface area contributed by atoms with E-state index in [1.54, 1.807) is 0 Å². The van der Waals surface area contributed by atoms with Crippen molar-refractivity contribution in [2.45, 2.75) is 69.7 Å². The number of halogens is 1. The van der Waals surface area contributed by atoms with Crippen LogP contribution in [0.25, 0.3) is 0 Å². The average molecular weight is 366 g/mol. The van der Waals surface area contributed by atoms with Crippen molar-refractivity contribution in [2.24, 2.45) is 17.8 Å². The molecule has 0 atom stereocenters. The molecule has 0 saturated heterocycles. The van der Waals surface area contributed by atoms with Crippen molar-refractivity contribution in [3.05, 3.63) is 11.9 Å². The minimum absolute atomic E-state index is 0.0384. The molecule has 26 heavy (non-hydrogen) atoms. The van der Waals surface area contributed by atoms with Gasteiger partial charge in [0.15, 0.2) is 0 Å². The number of allylic oxidation sites excluding steroid dienone is 1. The van der Waals surface area contributed by atoms with Gasteiger partial charge in [0.05, 0.1) is 7.11 Å². The number of hydrogen-bond donors (Lipinski definition) is 2. The van der Waals surface area contributed by atoms with E-state index < -0.39 is 11.8 Å². The van der Waals surface area contributed by atoms with Gasteiger partial charge in [-0.05, 0) is 81.6 Å². The van der Waals surface area contributed by atoms with Gasteiger partial charge in [-0.2, -0.15) is 4.39 Å². The first-order valence-corrected chi connectivity index (χ1v) is 9.99. The van der Waals surface area contributed by atoms with E-state index in [0.717, 1.165) is 63.4 Å². The van der Waals surface area contributed by atoms with E-state index in [1.807, 2.05) is 0 Å². The van der Waals surface area contributed by atoms with Crippen molar-refractivity contribution < 1.29 is 18.7 Å². The van der Waals surface area contributed by atoms with Crippen LogP contribution in [-0.4, -0.2) is 31.2 Å². The molecule has 146 valence electrons. The smallest absolute Gasteiger partial charge is 0.366 e. The van der Waals surface area contributed by atoms with Crippen LogP contribution in [0.1, 0.15) is 64.2 Å². The Morgan fingerprint density at radius 1 is 1.08 bits per heavy atom. The van der Waals surface area contributed by atoms with Gasteiger partial charge in [0.2, 0.25) is 5.83 Å². The van der Waals surface area contributed by atoms with Gasteiger partial charge in [-0.15, -0.1) is 0 Å². The third-order valence-corrected chi connectivity index (χ3v) is 6.29. The third-order valence-electron chi connectivity index (χ3n) is 6.29. The van der Waals surface area contributed by atoms with Crippen molar-refractivity contribution in [1.29, 1.82) is 0 Å². The highest BCUT2D eigenvalue weighted by molar-refractivity contribution is 5.85. The van der Waals surface area contributed by atoms with E-state index in [2.05, 4.69) is 15.4 Å². The number of esters is 1. The molecular formula is C20H31FN2O3. The molecule has 4 saturated carbocycles. The molecule has 4 bridgehead atoms. The molecule has 0 aromatic carbocycles. The molecule has 0 spiro atoms. The van der Waals surface area contributed by atoms with Crippen molar-refractivity contribution in [1.82, 2.24) is 10.6 Å². The number of rotatable bonds is 8. The van der Waals surface area contributed by atoms with Crippen LogP contribution < -0.4 is 10.6 Å². The normalized spacial score (nSPS) is 32.4. The monoisotopic (exact) mass is 366 g/mol. The summed E-state index contributed by atoms with van der Waals surface area (Å²) in [7, 11) is 1.16. The zero-order chi connectivity index (χ0) is 18.6.